The van der Waals surface area contributed by atoms with Crippen LogP contribution < -0.4 is 30.6 Å². The number of nitrogens with one attached hydrogen (secondary N) is 2. The van der Waals surface area contributed by atoms with E-state index in [0.29, 0.717) is 42.5 Å². The Labute approximate surface area is 369 Å². The summed E-state index contributed by atoms with van der Waals surface area (Å²) < 4.78 is 25.8. The zero-order valence-electron chi connectivity index (χ0n) is 36.4. The van der Waals surface area contributed by atoms with Crippen LogP contribution in [-0.2, 0) is 34.2 Å². The molecule has 0 saturated heterocycles. The molecule has 4 aliphatic rings. The molecule has 11 heteroatoms. The second-order valence-electron chi connectivity index (χ2n) is 17.7. The van der Waals surface area contributed by atoms with Gasteiger partial charge in [-0.25, -0.2) is 4.98 Å². The number of carbonyl (C=O) groups is 1. The minimum Gasteiger partial charge on any atom is -0.508 e. The van der Waals surface area contributed by atoms with Crippen LogP contribution in [0, 0.1) is 17.8 Å². The van der Waals surface area contributed by atoms with Crippen molar-refractivity contribution in [2.45, 2.75) is 81.3 Å². The number of carbonyl (C=O) groups excluding carboxylic acids is 1. The van der Waals surface area contributed by atoms with Gasteiger partial charge in [-0.3, -0.25) is 4.79 Å². The van der Waals surface area contributed by atoms with Gasteiger partial charge in [-0.05, 0) is 122 Å². The molecule has 0 radical (unpaired) electrons. The van der Waals surface area contributed by atoms with Gasteiger partial charge in [0.25, 0.3) is 0 Å². The molecule has 5 atom stereocenters. The third-order valence-corrected chi connectivity index (χ3v) is 13.7. The van der Waals surface area contributed by atoms with Crippen molar-refractivity contribution >= 4 is 11.8 Å². The molecule has 2 aliphatic carbocycles. The summed E-state index contributed by atoms with van der Waals surface area (Å²) in [4.78, 5) is 17.4. The van der Waals surface area contributed by atoms with Crippen LogP contribution in [0.4, 0.5) is 5.82 Å². The van der Waals surface area contributed by atoms with Gasteiger partial charge in [-0.15, -0.1) is 0 Å². The summed E-state index contributed by atoms with van der Waals surface area (Å²) in [5, 5.41) is 29.1. The number of phenols is 2. The Bertz CT molecular complexity index is 2600. The number of aryl methyl sites for hydroxylation is 1. The highest BCUT2D eigenvalue weighted by Crippen LogP contribution is 2.63. The molecule has 326 valence electrons. The number of nitrogens with two attached hydrogens (primary N) is 1. The van der Waals surface area contributed by atoms with Crippen LogP contribution in [0.3, 0.4) is 0 Å². The average Bonchev–Trinajstić information content (AvgIpc) is 3.85. The molecule has 2 aliphatic heterocycles. The van der Waals surface area contributed by atoms with Gasteiger partial charge < -0.3 is 45.5 Å². The molecule has 1 aromatic heterocycles. The minimum atomic E-state index is -0.625. The molecule has 1 saturated carbocycles. The highest BCUT2D eigenvalue weighted by molar-refractivity contribution is 5.84. The molecule has 9 rings (SSSR count). The van der Waals surface area contributed by atoms with E-state index in [9.17, 15) is 15.0 Å². The first-order chi connectivity index (χ1) is 30.6. The Morgan fingerprint density at radius 1 is 0.968 bits per heavy atom. The fraction of sp³-hybridized carbons (Fsp3) is 0.385. The summed E-state index contributed by atoms with van der Waals surface area (Å²) in [5.41, 5.74) is 15.7. The molecule has 4 aromatic carbocycles. The number of nitrogen functional groups attached to an aromatic ring is 1. The molecule has 0 unspecified atom stereocenters. The van der Waals surface area contributed by atoms with Gasteiger partial charge >= 0.3 is 5.97 Å². The highest BCUT2D eigenvalue weighted by Gasteiger charge is 2.52. The van der Waals surface area contributed by atoms with Crippen molar-refractivity contribution in [3.63, 3.8) is 0 Å². The van der Waals surface area contributed by atoms with Crippen LogP contribution in [0.1, 0.15) is 95.2 Å². The van der Waals surface area contributed by atoms with E-state index in [0.717, 1.165) is 82.4 Å². The number of rotatable bonds is 12. The smallest absolute Gasteiger partial charge is 0.302 e. The summed E-state index contributed by atoms with van der Waals surface area (Å²) in [5.74, 6) is 8.74. The van der Waals surface area contributed by atoms with Gasteiger partial charge in [0, 0.05) is 60.2 Å². The molecule has 5 aromatic rings. The molecule has 6 N–H and O–H groups in total. The number of hydrogen-bond acceptors (Lipinski definition) is 11. The van der Waals surface area contributed by atoms with E-state index in [4.69, 9.17) is 29.7 Å². The number of phenolic OH excluding ortho intramolecular Hbond substituents is 2. The van der Waals surface area contributed by atoms with Crippen molar-refractivity contribution < 1.29 is 34.0 Å². The maximum absolute atomic E-state index is 12.6. The number of fused-ring (bicyclic) bond motifs is 7. The van der Waals surface area contributed by atoms with Gasteiger partial charge in [0.1, 0.15) is 47.6 Å². The average molecular weight is 849 g/mol. The number of aromatic hydroxyl groups is 2. The minimum absolute atomic E-state index is 0.0120. The molecule has 0 amide bonds. The van der Waals surface area contributed by atoms with Gasteiger partial charge in [0.15, 0.2) is 11.5 Å². The van der Waals surface area contributed by atoms with Crippen LogP contribution >= 0.6 is 0 Å². The standard InChI is InChI=1S/C52H56N4O7/c1-30(57)61-29-42-39-15-16-40-48-34(21-35(58)23-46(48)60-4)26-52-20-19-33(25-52)37(14-13-31-9-6-5-7-10-31)38-17-18-47(53)56-43(38)12-8-11-32-22-44(59)45(62-36(27-54-2)28-55-3)24-41(32)50(42)63-51(39)49(40)52/h5-7,9-10,15-18,21-24,33,36-37,42,50,54-55,58-59H,11,13-14,19-20,25-29H2,1-4H3,(H2,53,56)/t33-,37+,42+,50+,52-/m0/s1. The lowest BCUT2D eigenvalue weighted by molar-refractivity contribution is -0.141. The Hall–Kier alpha value is -6.22. The van der Waals surface area contributed by atoms with Crippen LogP contribution in [0.2, 0.25) is 0 Å². The van der Waals surface area contributed by atoms with E-state index in [2.05, 4.69) is 71.0 Å². The summed E-state index contributed by atoms with van der Waals surface area (Å²) >= 11 is 0. The van der Waals surface area contributed by atoms with Crippen molar-refractivity contribution in [2.24, 2.45) is 5.92 Å². The fourth-order valence-corrected chi connectivity index (χ4v) is 11.1. The number of esters is 1. The Morgan fingerprint density at radius 2 is 1.76 bits per heavy atom. The molecule has 63 heavy (non-hydrogen) atoms. The predicted molar refractivity (Wildman–Crippen MR) is 243 cm³/mol. The van der Waals surface area contributed by atoms with Crippen molar-refractivity contribution in [3.8, 4) is 51.7 Å². The lowest BCUT2D eigenvalue weighted by atomic mass is 9.64. The summed E-state index contributed by atoms with van der Waals surface area (Å²) in [7, 11) is 5.37. The molecule has 11 nitrogen and oxygen atoms in total. The van der Waals surface area contributed by atoms with Crippen molar-refractivity contribution in [1.29, 1.82) is 0 Å². The van der Waals surface area contributed by atoms with Gasteiger partial charge in [0.2, 0.25) is 0 Å². The zero-order chi connectivity index (χ0) is 43.8. The number of likely N-dealkylation sites (N-methyl/N-ethyl adjacent to an activating group) is 2. The Kier molecular flexibility index (Phi) is 11.7. The normalized spacial score (nSPS) is 21.4. The van der Waals surface area contributed by atoms with Crippen molar-refractivity contribution in [3.05, 3.63) is 124 Å². The van der Waals surface area contributed by atoms with Crippen LogP contribution in [-0.4, -0.2) is 68.2 Å². The third kappa shape index (κ3) is 8.03. The van der Waals surface area contributed by atoms with Gasteiger partial charge in [0.05, 0.1) is 13.0 Å². The number of aromatic nitrogens is 1. The summed E-state index contributed by atoms with van der Waals surface area (Å²) in [6.07, 6.45) is 4.49. The second-order valence-corrected chi connectivity index (χ2v) is 17.7. The first-order valence-corrected chi connectivity index (χ1v) is 22.1. The maximum Gasteiger partial charge on any atom is 0.302 e. The maximum atomic E-state index is 12.6. The van der Waals surface area contributed by atoms with Crippen molar-refractivity contribution in [2.75, 3.05) is 46.6 Å². The van der Waals surface area contributed by atoms with Crippen molar-refractivity contribution in [1.82, 2.24) is 15.6 Å². The van der Waals surface area contributed by atoms with E-state index >= 15 is 0 Å². The largest absolute Gasteiger partial charge is 0.508 e. The van der Waals surface area contributed by atoms with Crippen LogP contribution in [0.25, 0.3) is 11.1 Å². The number of nitrogens with zero attached hydrogens (tertiary/aromatic N) is 1. The van der Waals surface area contributed by atoms with E-state index in [-0.39, 0.29) is 53.9 Å². The highest BCUT2D eigenvalue weighted by atomic mass is 16.5. The quantitative estimate of drug-likeness (QED) is 0.0621. The molecular weight excluding hydrogens is 793 g/mol. The molecule has 3 heterocycles. The Balaban J connectivity index is 1.28. The molecule has 1 spiro atoms. The topological polar surface area (TPSA) is 157 Å². The van der Waals surface area contributed by atoms with E-state index in [1.165, 1.54) is 12.5 Å². The molecular formula is C52H56N4O7. The number of ether oxygens (including phenoxy) is 4. The zero-order valence-corrected chi connectivity index (χ0v) is 36.4. The SMILES string of the molecule is CNCC(CNC)Oc1cc2c(cc1O)CC#Cc1nc(N)ccc1[C@H](CCc1ccccc1)[C@H]1CC[C@@]3(Cc4cc(O)cc(OC)c4-c4ccc5c(c43)O[C@H]2[C@@H]5COC(C)=O)C1. The first-order valence-electron chi connectivity index (χ1n) is 22.1. The summed E-state index contributed by atoms with van der Waals surface area (Å²) in [6.45, 7) is 2.59. The molecule has 4 bridgehead atoms. The van der Waals surface area contributed by atoms with Crippen LogP contribution in [0.5, 0.6) is 28.7 Å². The molecule has 1 fully saturated rings. The van der Waals surface area contributed by atoms with Gasteiger partial charge in [-0.1, -0.05) is 54.5 Å². The first kappa shape index (κ1) is 42.1. The van der Waals surface area contributed by atoms with E-state index < -0.39 is 12.0 Å². The fourth-order valence-electron chi connectivity index (χ4n) is 11.1. The van der Waals surface area contributed by atoms with E-state index in [1.54, 1.807) is 19.2 Å². The summed E-state index contributed by atoms with van der Waals surface area (Å²) in [6, 6.07) is 26.1. The number of methoxy groups -OCH3 is 1. The predicted octanol–water partition coefficient (Wildman–Crippen LogP) is 7.64. The lowest BCUT2D eigenvalue weighted by Crippen LogP contribution is -2.37. The third-order valence-electron chi connectivity index (χ3n) is 13.7. The number of hydrogen-bond donors (Lipinski definition) is 5. The monoisotopic (exact) mass is 848 g/mol. The van der Waals surface area contributed by atoms with Crippen LogP contribution in [0.15, 0.2) is 78.9 Å². The Morgan fingerprint density at radius 3 is 2.52 bits per heavy atom. The lowest BCUT2D eigenvalue weighted by Gasteiger charge is -2.39. The number of anilines is 1. The van der Waals surface area contributed by atoms with Gasteiger partial charge in [-0.2, -0.15) is 0 Å². The second kappa shape index (κ2) is 17.5. The number of benzene rings is 4. The number of pyridine rings is 1. The van der Waals surface area contributed by atoms with E-state index in [1.807, 2.05) is 32.3 Å².